The van der Waals surface area contributed by atoms with Gasteiger partial charge in [-0.2, -0.15) is 4.99 Å². The van der Waals surface area contributed by atoms with Crippen LogP contribution in [0.2, 0.25) is 0 Å². The number of thiazole rings is 1. The highest BCUT2D eigenvalue weighted by Crippen LogP contribution is 2.33. The Kier molecular flexibility index (Phi) is 6.04. The normalized spacial score (nSPS) is 11.9. The molecule has 2 aromatic carbocycles. The Balaban J connectivity index is 2.01. The van der Waals surface area contributed by atoms with Gasteiger partial charge in [-0.25, -0.2) is 0 Å². The predicted molar refractivity (Wildman–Crippen MR) is 111 cm³/mol. The number of fused-ring (bicyclic) bond motifs is 1. The molecule has 0 saturated carbocycles. The van der Waals surface area contributed by atoms with E-state index in [0.717, 1.165) is 16.0 Å². The summed E-state index contributed by atoms with van der Waals surface area (Å²) in [5, 5.41) is 0. The summed E-state index contributed by atoms with van der Waals surface area (Å²) in [5.74, 6) is 1.74. The van der Waals surface area contributed by atoms with Gasteiger partial charge in [-0.15, -0.1) is 0 Å². The number of carbonyl (C=O) groups excluding carboxylic acids is 1. The summed E-state index contributed by atoms with van der Waals surface area (Å²) in [7, 11) is 3.21. The Morgan fingerprint density at radius 3 is 2.32 bits per heavy atom. The maximum atomic E-state index is 12.7. The molecule has 0 bridgehead atoms. The number of aromatic nitrogens is 1. The lowest BCUT2D eigenvalue weighted by molar-refractivity contribution is 0.0998. The summed E-state index contributed by atoms with van der Waals surface area (Å²) in [6, 6.07) is 10.9. The molecule has 3 rings (SSSR count). The standard InChI is InChI=1S/C21H24N2O4S/c1-6-23-16-11-17(25-4)18(26-5)12-19(16)28-21(23)22-20(24)14-7-9-15(10-8-14)27-13(2)3/h7-13H,6H2,1-5H3. The van der Waals surface area contributed by atoms with E-state index in [2.05, 4.69) is 4.99 Å². The fraction of sp³-hybridized carbons (Fsp3) is 0.333. The van der Waals surface area contributed by atoms with Gasteiger partial charge in [-0.05, 0) is 45.0 Å². The molecule has 148 valence electrons. The van der Waals surface area contributed by atoms with Crippen LogP contribution in [0.1, 0.15) is 31.1 Å². The molecule has 1 heterocycles. The van der Waals surface area contributed by atoms with Gasteiger partial charge < -0.3 is 18.8 Å². The minimum absolute atomic E-state index is 0.0854. The van der Waals surface area contributed by atoms with E-state index in [9.17, 15) is 4.79 Å². The quantitative estimate of drug-likeness (QED) is 0.620. The average molecular weight is 401 g/mol. The Morgan fingerprint density at radius 1 is 1.11 bits per heavy atom. The molecule has 6 nitrogen and oxygen atoms in total. The zero-order valence-electron chi connectivity index (χ0n) is 16.7. The molecule has 7 heteroatoms. The van der Waals surface area contributed by atoms with Crippen molar-refractivity contribution in [3.8, 4) is 17.2 Å². The third kappa shape index (κ3) is 4.04. The smallest absolute Gasteiger partial charge is 0.279 e. The number of ether oxygens (including phenoxy) is 3. The van der Waals surface area contributed by atoms with Gasteiger partial charge in [0.05, 0.1) is 30.5 Å². The monoisotopic (exact) mass is 400 g/mol. The van der Waals surface area contributed by atoms with Gasteiger partial charge >= 0.3 is 0 Å². The second-order valence-electron chi connectivity index (χ2n) is 6.41. The van der Waals surface area contributed by atoms with Crippen LogP contribution in [-0.4, -0.2) is 30.8 Å². The molecular weight excluding hydrogens is 376 g/mol. The Hall–Kier alpha value is -2.80. The van der Waals surface area contributed by atoms with Crippen molar-refractivity contribution in [2.24, 2.45) is 4.99 Å². The zero-order chi connectivity index (χ0) is 20.3. The van der Waals surface area contributed by atoms with Crippen molar-refractivity contribution >= 4 is 27.5 Å². The Bertz CT molecular complexity index is 1050. The third-order valence-corrected chi connectivity index (χ3v) is 5.22. The van der Waals surface area contributed by atoms with Crippen molar-refractivity contribution in [2.45, 2.75) is 33.4 Å². The summed E-state index contributed by atoms with van der Waals surface area (Å²) in [4.78, 5) is 17.7. The van der Waals surface area contributed by atoms with Gasteiger partial charge in [-0.1, -0.05) is 11.3 Å². The van der Waals surface area contributed by atoms with Crippen molar-refractivity contribution in [1.29, 1.82) is 0 Å². The van der Waals surface area contributed by atoms with Crippen LogP contribution in [0.3, 0.4) is 0 Å². The molecule has 0 N–H and O–H groups in total. The predicted octanol–water partition coefficient (Wildman–Crippen LogP) is 4.27. The molecule has 1 amide bonds. The number of benzene rings is 2. The summed E-state index contributed by atoms with van der Waals surface area (Å²) < 4.78 is 19.4. The maximum Gasteiger partial charge on any atom is 0.279 e. The van der Waals surface area contributed by atoms with Gasteiger partial charge in [0.2, 0.25) is 0 Å². The van der Waals surface area contributed by atoms with Gasteiger partial charge in [-0.3, -0.25) is 4.79 Å². The first-order valence-electron chi connectivity index (χ1n) is 9.08. The van der Waals surface area contributed by atoms with E-state index in [0.29, 0.717) is 28.4 Å². The van der Waals surface area contributed by atoms with Crippen LogP contribution in [0.4, 0.5) is 0 Å². The van der Waals surface area contributed by atoms with Gasteiger partial charge in [0.1, 0.15) is 5.75 Å². The molecule has 0 aliphatic heterocycles. The van der Waals surface area contributed by atoms with Crippen LogP contribution < -0.4 is 19.0 Å². The molecular formula is C21H24N2O4S. The van der Waals surface area contributed by atoms with E-state index >= 15 is 0 Å². The van der Waals surface area contributed by atoms with Crippen molar-refractivity contribution in [1.82, 2.24) is 4.57 Å². The number of hydrogen-bond acceptors (Lipinski definition) is 5. The summed E-state index contributed by atoms with van der Waals surface area (Å²) in [5.41, 5.74) is 1.48. The topological polar surface area (TPSA) is 62.1 Å². The van der Waals surface area contributed by atoms with Gasteiger partial charge in [0.25, 0.3) is 5.91 Å². The third-order valence-electron chi connectivity index (χ3n) is 4.17. The van der Waals surface area contributed by atoms with Crippen molar-refractivity contribution in [2.75, 3.05) is 14.2 Å². The number of nitrogens with zero attached hydrogens (tertiary/aromatic N) is 2. The molecule has 0 aliphatic rings. The van der Waals surface area contributed by atoms with E-state index in [1.54, 1.807) is 38.5 Å². The second-order valence-corrected chi connectivity index (χ2v) is 7.42. The van der Waals surface area contributed by atoms with E-state index in [4.69, 9.17) is 14.2 Å². The van der Waals surface area contributed by atoms with Crippen LogP contribution in [0.15, 0.2) is 41.4 Å². The highest BCUT2D eigenvalue weighted by Gasteiger charge is 2.13. The van der Waals surface area contributed by atoms with Crippen LogP contribution >= 0.6 is 11.3 Å². The zero-order valence-corrected chi connectivity index (χ0v) is 17.5. The average Bonchev–Trinajstić information content (AvgIpc) is 3.02. The first kappa shape index (κ1) is 19.9. The van der Waals surface area contributed by atoms with E-state index in [1.165, 1.54) is 11.3 Å². The van der Waals surface area contributed by atoms with Crippen molar-refractivity contribution in [3.05, 3.63) is 46.8 Å². The van der Waals surface area contributed by atoms with Gasteiger partial charge in [0, 0.05) is 24.2 Å². The summed E-state index contributed by atoms with van der Waals surface area (Å²) in [6.07, 6.45) is 0.0854. The first-order chi connectivity index (χ1) is 13.5. The number of rotatable bonds is 6. The highest BCUT2D eigenvalue weighted by atomic mass is 32.1. The van der Waals surface area contributed by atoms with Crippen LogP contribution in [0.25, 0.3) is 10.2 Å². The molecule has 3 aromatic rings. The van der Waals surface area contributed by atoms with Crippen LogP contribution in [-0.2, 0) is 6.54 Å². The SMILES string of the molecule is CCn1c(=NC(=O)c2ccc(OC(C)C)cc2)sc2cc(OC)c(OC)cc21. The lowest BCUT2D eigenvalue weighted by Gasteiger charge is -2.09. The minimum Gasteiger partial charge on any atom is -0.493 e. The summed E-state index contributed by atoms with van der Waals surface area (Å²) >= 11 is 1.45. The molecule has 0 aliphatic carbocycles. The van der Waals surface area contributed by atoms with E-state index in [-0.39, 0.29) is 12.0 Å². The number of amides is 1. The number of methoxy groups -OCH3 is 2. The minimum atomic E-state index is -0.288. The number of hydrogen-bond donors (Lipinski definition) is 0. The molecule has 0 atom stereocenters. The lowest BCUT2D eigenvalue weighted by atomic mass is 10.2. The van der Waals surface area contributed by atoms with Crippen molar-refractivity contribution in [3.63, 3.8) is 0 Å². The molecule has 0 saturated heterocycles. The van der Waals surface area contributed by atoms with Crippen LogP contribution in [0.5, 0.6) is 17.2 Å². The van der Waals surface area contributed by atoms with Crippen LogP contribution in [0, 0.1) is 0 Å². The Labute approximate surface area is 168 Å². The fourth-order valence-electron chi connectivity index (χ4n) is 2.89. The summed E-state index contributed by atoms with van der Waals surface area (Å²) in [6.45, 7) is 6.62. The molecule has 0 spiro atoms. The lowest BCUT2D eigenvalue weighted by Crippen LogP contribution is -2.16. The van der Waals surface area contributed by atoms with E-state index < -0.39 is 0 Å². The second kappa shape index (κ2) is 8.48. The first-order valence-corrected chi connectivity index (χ1v) is 9.89. The Morgan fingerprint density at radius 2 is 1.75 bits per heavy atom. The fourth-order valence-corrected chi connectivity index (χ4v) is 3.99. The largest absolute Gasteiger partial charge is 0.493 e. The van der Waals surface area contributed by atoms with Gasteiger partial charge in [0.15, 0.2) is 16.3 Å². The molecule has 0 fully saturated rings. The number of carbonyl (C=O) groups is 1. The van der Waals surface area contributed by atoms with Crippen molar-refractivity contribution < 1.29 is 19.0 Å². The number of aryl methyl sites for hydroxylation is 1. The highest BCUT2D eigenvalue weighted by molar-refractivity contribution is 7.16. The van der Waals surface area contributed by atoms with E-state index in [1.807, 2.05) is 37.5 Å². The molecule has 0 unspecified atom stereocenters. The molecule has 1 aromatic heterocycles. The maximum absolute atomic E-state index is 12.7. The molecule has 0 radical (unpaired) electrons. The molecule has 28 heavy (non-hydrogen) atoms.